The average molecular weight is 252 g/mol. The van der Waals surface area contributed by atoms with Crippen LogP contribution in [0.1, 0.15) is 53.4 Å². The number of carbonyl (C=O) groups is 1. The SMILES string of the molecule is CCNCCC(=O)NC1CC2CCC1(C)C2(C)C. The maximum Gasteiger partial charge on any atom is 0.221 e. The van der Waals surface area contributed by atoms with Gasteiger partial charge >= 0.3 is 0 Å². The number of carbonyl (C=O) groups excluding carboxylic acids is 1. The van der Waals surface area contributed by atoms with Crippen molar-refractivity contribution in [3.8, 4) is 0 Å². The van der Waals surface area contributed by atoms with Gasteiger partial charge in [0.15, 0.2) is 0 Å². The monoisotopic (exact) mass is 252 g/mol. The molecule has 3 unspecified atom stereocenters. The zero-order chi connectivity index (χ0) is 13.4. The summed E-state index contributed by atoms with van der Waals surface area (Å²) in [6, 6.07) is 0.389. The second-order valence-corrected chi connectivity index (χ2v) is 6.83. The number of rotatable bonds is 5. The Labute approximate surface area is 111 Å². The van der Waals surface area contributed by atoms with Crippen LogP contribution >= 0.6 is 0 Å². The van der Waals surface area contributed by atoms with Crippen molar-refractivity contribution in [3.05, 3.63) is 0 Å². The Kier molecular flexibility index (Phi) is 3.72. The Morgan fingerprint density at radius 3 is 2.56 bits per heavy atom. The molecule has 0 aromatic heterocycles. The van der Waals surface area contributed by atoms with Gasteiger partial charge in [0.2, 0.25) is 5.91 Å². The van der Waals surface area contributed by atoms with Crippen molar-refractivity contribution in [2.45, 2.75) is 59.4 Å². The van der Waals surface area contributed by atoms with Crippen LogP contribution in [0.25, 0.3) is 0 Å². The van der Waals surface area contributed by atoms with Crippen LogP contribution in [-0.2, 0) is 4.79 Å². The van der Waals surface area contributed by atoms with E-state index >= 15 is 0 Å². The lowest BCUT2D eigenvalue weighted by Crippen LogP contribution is -2.47. The lowest BCUT2D eigenvalue weighted by atomic mass is 9.69. The molecule has 0 aromatic rings. The van der Waals surface area contributed by atoms with Gasteiger partial charge in [-0.25, -0.2) is 0 Å². The summed E-state index contributed by atoms with van der Waals surface area (Å²) in [5.74, 6) is 1.01. The third-order valence-electron chi connectivity index (χ3n) is 5.91. The first kappa shape index (κ1) is 13.9. The molecule has 2 saturated carbocycles. The summed E-state index contributed by atoms with van der Waals surface area (Å²) in [4.78, 5) is 12.0. The summed E-state index contributed by atoms with van der Waals surface area (Å²) in [6.45, 7) is 10.9. The lowest BCUT2D eigenvalue weighted by Gasteiger charge is -2.39. The van der Waals surface area contributed by atoms with Gasteiger partial charge in [-0.2, -0.15) is 0 Å². The number of amides is 1. The van der Waals surface area contributed by atoms with Crippen LogP contribution in [0.2, 0.25) is 0 Å². The molecule has 2 aliphatic rings. The Balaban J connectivity index is 1.90. The largest absolute Gasteiger partial charge is 0.353 e. The van der Waals surface area contributed by atoms with E-state index in [1.165, 1.54) is 19.3 Å². The van der Waals surface area contributed by atoms with E-state index in [9.17, 15) is 4.79 Å². The minimum absolute atomic E-state index is 0.213. The summed E-state index contributed by atoms with van der Waals surface area (Å²) >= 11 is 0. The van der Waals surface area contributed by atoms with E-state index < -0.39 is 0 Å². The fourth-order valence-corrected chi connectivity index (χ4v) is 4.07. The van der Waals surface area contributed by atoms with E-state index in [4.69, 9.17) is 0 Å². The molecule has 2 fully saturated rings. The first-order valence-corrected chi connectivity index (χ1v) is 7.42. The van der Waals surface area contributed by atoms with Crippen molar-refractivity contribution in [2.24, 2.45) is 16.7 Å². The van der Waals surface area contributed by atoms with Gasteiger partial charge in [0.05, 0.1) is 0 Å². The Bertz CT molecular complexity index is 326. The van der Waals surface area contributed by atoms with Crippen molar-refractivity contribution in [1.29, 1.82) is 0 Å². The van der Waals surface area contributed by atoms with Gasteiger partial charge in [0.25, 0.3) is 0 Å². The predicted octanol–water partition coefficient (Wildman–Crippen LogP) is 2.32. The summed E-state index contributed by atoms with van der Waals surface area (Å²) < 4.78 is 0. The van der Waals surface area contributed by atoms with E-state index in [1.54, 1.807) is 0 Å². The molecule has 2 rings (SSSR count). The zero-order valence-corrected chi connectivity index (χ0v) is 12.3. The molecular weight excluding hydrogens is 224 g/mol. The molecule has 1 amide bonds. The van der Waals surface area contributed by atoms with Crippen molar-refractivity contribution in [3.63, 3.8) is 0 Å². The Morgan fingerprint density at radius 2 is 2.06 bits per heavy atom. The van der Waals surface area contributed by atoms with E-state index in [0.717, 1.165) is 19.0 Å². The van der Waals surface area contributed by atoms with Gasteiger partial charge in [-0.15, -0.1) is 0 Å². The third-order valence-corrected chi connectivity index (χ3v) is 5.91. The van der Waals surface area contributed by atoms with Crippen molar-refractivity contribution in [2.75, 3.05) is 13.1 Å². The van der Waals surface area contributed by atoms with Gasteiger partial charge < -0.3 is 10.6 Å². The highest BCUT2D eigenvalue weighted by Gasteiger charge is 2.61. The normalized spacial score (nSPS) is 36.9. The molecule has 0 aromatic carbocycles. The maximum absolute atomic E-state index is 12.0. The van der Waals surface area contributed by atoms with E-state index in [2.05, 4.69) is 38.3 Å². The average Bonchev–Trinajstić information content (AvgIpc) is 2.62. The maximum atomic E-state index is 12.0. The number of hydrogen-bond acceptors (Lipinski definition) is 2. The highest BCUT2D eigenvalue weighted by Crippen LogP contribution is 2.65. The predicted molar refractivity (Wildman–Crippen MR) is 74.3 cm³/mol. The van der Waals surface area contributed by atoms with Gasteiger partial charge in [-0.3, -0.25) is 4.79 Å². The molecule has 104 valence electrons. The first-order chi connectivity index (χ1) is 8.41. The highest BCUT2D eigenvalue weighted by molar-refractivity contribution is 5.76. The van der Waals surface area contributed by atoms with Crippen molar-refractivity contribution in [1.82, 2.24) is 10.6 Å². The lowest BCUT2D eigenvalue weighted by molar-refractivity contribution is -0.122. The Morgan fingerprint density at radius 1 is 1.33 bits per heavy atom. The number of hydrogen-bond donors (Lipinski definition) is 2. The van der Waals surface area contributed by atoms with E-state index in [0.29, 0.717) is 23.3 Å². The van der Waals surface area contributed by atoms with Gasteiger partial charge in [-0.1, -0.05) is 27.7 Å². The molecule has 0 aliphatic heterocycles. The molecule has 2 bridgehead atoms. The van der Waals surface area contributed by atoms with Crippen LogP contribution in [0.5, 0.6) is 0 Å². The van der Waals surface area contributed by atoms with Gasteiger partial charge in [-0.05, 0) is 42.6 Å². The minimum Gasteiger partial charge on any atom is -0.353 e. The molecule has 18 heavy (non-hydrogen) atoms. The standard InChI is InChI=1S/C15H28N2O/c1-5-16-9-7-13(18)17-12-10-11-6-8-15(12,4)14(11,2)3/h11-12,16H,5-10H2,1-4H3,(H,17,18). The molecule has 2 N–H and O–H groups in total. The molecule has 3 heteroatoms. The van der Waals surface area contributed by atoms with Crippen LogP contribution in [0.15, 0.2) is 0 Å². The Hall–Kier alpha value is -0.570. The molecule has 3 atom stereocenters. The summed E-state index contributed by atoms with van der Waals surface area (Å²) in [5, 5.41) is 6.49. The molecule has 0 radical (unpaired) electrons. The highest BCUT2D eigenvalue weighted by atomic mass is 16.1. The molecule has 3 nitrogen and oxygen atoms in total. The summed E-state index contributed by atoms with van der Waals surface area (Å²) in [7, 11) is 0. The number of fused-ring (bicyclic) bond motifs is 2. The van der Waals surface area contributed by atoms with E-state index in [-0.39, 0.29) is 5.91 Å². The quantitative estimate of drug-likeness (QED) is 0.737. The third kappa shape index (κ3) is 2.07. The fourth-order valence-electron chi connectivity index (χ4n) is 4.07. The van der Waals surface area contributed by atoms with Crippen LogP contribution in [0, 0.1) is 16.7 Å². The minimum atomic E-state index is 0.213. The smallest absolute Gasteiger partial charge is 0.221 e. The van der Waals surface area contributed by atoms with E-state index in [1.807, 2.05) is 0 Å². The van der Waals surface area contributed by atoms with Crippen LogP contribution < -0.4 is 10.6 Å². The topological polar surface area (TPSA) is 41.1 Å². The molecular formula is C15H28N2O. The van der Waals surface area contributed by atoms with Crippen molar-refractivity contribution < 1.29 is 4.79 Å². The zero-order valence-electron chi connectivity index (χ0n) is 12.3. The van der Waals surface area contributed by atoms with Gasteiger partial charge in [0, 0.05) is 19.0 Å². The molecule has 0 saturated heterocycles. The molecule has 2 aliphatic carbocycles. The second-order valence-electron chi connectivity index (χ2n) is 6.83. The first-order valence-electron chi connectivity index (χ1n) is 7.42. The summed E-state index contributed by atoms with van der Waals surface area (Å²) in [6.07, 6.45) is 4.39. The van der Waals surface area contributed by atoms with Gasteiger partial charge in [0.1, 0.15) is 0 Å². The molecule has 0 heterocycles. The van der Waals surface area contributed by atoms with Crippen molar-refractivity contribution >= 4 is 5.91 Å². The van der Waals surface area contributed by atoms with Crippen LogP contribution in [-0.4, -0.2) is 25.0 Å². The molecule has 0 spiro atoms. The second kappa shape index (κ2) is 4.84. The summed E-state index contributed by atoms with van der Waals surface area (Å²) in [5.41, 5.74) is 0.679. The van der Waals surface area contributed by atoms with Crippen LogP contribution in [0.4, 0.5) is 0 Å². The fraction of sp³-hybridized carbons (Fsp3) is 0.933. The van der Waals surface area contributed by atoms with Crippen LogP contribution in [0.3, 0.4) is 0 Å². The number of nitrogens with one attached hydrogen (secondary N) is 2.